The van der Waals surface area contributed by atoms with Gasteiger partial charge in [0.2, 0.25) is 0 Å². The third-order valence-electron chi connectivity index (χ3n) is 5.18. The second kappa shape index (κ2) is 9.34. The maximum atomic E-state index is 13.0. The fraction of sp³-hybridized carbons (Fsp3) is 0.261. The van der Waals surface area contributed by atoms with E-state index in [1.165, 1.54) is 19.2 Å². The number of anilines is 1. The van der Waals surface area contributed by atoms with Gasteiger partial charge in [-0.3, -0.25) is 19.3 Å². The van der Waals surface area contributed by atoms with Crippen LogP contribution < -0.4 is 16.0 Å². The molecule has 3 rings (SSSR count). The maximum Gasteiger partial charge on any atom is 0.279 e. The van der Waals surface area contributed by atoms with E-state index in [0.29, 0.717) is 6.42 Å². The highest BCUT2D eigenvalue weighted by molar-refractivity contribution is 6.20. The lowest BCUT2D eigenvalue weighted by Gasteiger charge is -2.20. The molecule has 1 aliphatic rings. The summed E-state index contributed by atoms with van der Waals surface area (Å²) >= 11 is 0. The van der Waals surface area contributed by atoms with Gasteiger partial charge in [-0.2, -0.15) is 0 Å². The number of aromatic hydroxyl groups is 1. The molecule has 1 atom stereocenters. The van der Waals surface area contributed by atoms with Crippen molar-refractivity contribution < 1.29 is 19.5 Å². The first kappa shape index (κ1) is 21.9. The molecule has 0 unspecified atom stereocenters. The van der Waals surface area contributed by atoms with Crippen LogP contribution in [0.1, 0.15) is 42.2 Å². The molecule has 0 radical (unpaired) electrons. The van der Waals surface area contributed by atoms with Crippen LogP contribution in [0.3, 0.4) is 0 Å². The number of amides is 3. The van der Waals surface area contributed by atoms with Crippen molar-refractivity contribution >= 4 is 23.4 Å². The first-order chi connectivity index (χ1) is 14.9. The molecular weight excluding hydrogens is 396 g/mol. The first-order valence-corrected chi connectivity index (χ1v) is 10.2. The van der Waals surface area contributed by atoms with Crippen molar-refractivity contribution in [3.63, 3.8) is 0 Å². The van der Waals surface area contributed by atoms with Crippen LogP contribution in [0.4, 0.5) is 5.69 Å². The number of imide groups is 1. The summed E-state index contributed by atoms with van der Waals surface area (Å²) in [5.41, 5.74) is 1.36. The summed E-state index contributed by atoms with van der Waals surface area (Å²) in [7, 11) is 1.46. The van der Waals surface area contributed by atoms with Crippen molar-refractivity contribution in [1.82, 2.24) is 15.5 Å². The molecule has 1 aliphatic heterocycles. The molecule has 3 amide bonds. The van der Waals surface area contributed by atoms with Crippen LogP contribution in [-0.2, 0) is 9.59 Å². The second-order valence-corrected chi connectivity index (χ2v) is 7.03. The van der Waals surface area contributed by atoms with E-state index in [9.17, 15) is 19.5 Å². The lowest BCUT2D eigenvalue weighted by atomic mass is 10.0. The number of para-hydroxylation sites is 1. The summed E-state index contributed by atoms with van der Waals surface area (Å²) < 4.78 is 0. The van der Waals surface area contributed by atoms with Crippen LogP contribution in [0.15, 0.2) is 59.9 Å². The third kappa shape index (κ3) is 4.23. The molecule has 0 saturated heterocycles. The van der Waals surface area contributed by atoms with Gasteiger partial charge in [0, 0.05) is 13.6 Å². The molecule has 162 valence electrons. The van der Waals surface area contributed by atoms with Crippen molar-refractivity contribution in [2.75, 3.05) is 18.9 Å². The number of phenols is 1. The Hall–Kier alpha value is -3.81. The molecule has 8 nitrogen and oxygen atoms in total. The monoisotopic (exact) mass is 422 g/mol. The molecule has 0 saturated carbocycles. The van der Waals surface area contributed by atoms with E-state index in [1.807, 2.05) is 37.3 Å². The van der Waals surface area contributed by atoms with E-state index in [1.54, 1.807) is 13.0 Å². The number of carbonyl (C=O) groups is 3. The third-order valence-corrected chi connectivity index (χ3v) is 5.18. The summed E-state index contributed by atoms with van der Waals surface area (Å²) in [6, 6.07) is 14.0. The summed E-state index contributed by atoms with van der Waals surface area (Å²) in [5.74, 6) is -1.71. The Bertz CT molecular complexity index is 1030. The molecular formula is C23H26N4O4. The van der Waals surface area contributed by atoms with E-state index >= 15 is 0 Å². The number of phenolic OH excluding ortho intramolecular Hbond substituents is 1. The zero-order valence-electron chi connectivity index (χ0n) is 17.7. The molecule has 2 aromatic carbocycles. The zero-order valence-corrected chi connectivity index (χ0v) is 17.7. The average Bonchev–Trinajstić information content (AvgIpc) is 3.01. The standard InChI is InChI=1S/C23H26N4O4/c1-4-16(14-10-7-6-8-11-14)25-18-19(23(31)27(5-2)22(18)30)26-17-13-9-12-15(20(17)28)21(29)24-3/h6-13,16,25-26,28H,4-5H2,1-3H3,(H,24,29)/t16-/m1/s1. The molecule has 0 fully saturated rings. The number of hydrogen-bond donors (Lipinski definition) is 4. The molecule has 0 bridgehead atoms. The van der Waals surface area contributed by atoms with Crippen LogP contribution in [0, 0.1) is 0 Å². The lowest BCUT2D eigenvalue weighted by molar-refractivity contribution is -0.137. The Labute approximate surface area is 180 Å². The van der Waals surface area contributed by atoms with Crippen LogP contribution in [0.5, 0.6) is 5.75 Å². The molecule has 1 heterocycles. The summed E-state index contributed by atoms with van der Waals surface area (Å²) in [6.07, 6.45) is 0.686. The van der Waals surface area contributed by atoms with Crippen molar-refractivity contribution in [1.29, 1.82) is 0 Å². The fourth-order valence-electron chi connectivity index (χ4n) is 3.49. The minimum absolute atomic E-state index is 0.0330. The highest BCUT2D eigenvalue weighted by Crippen LogP contribution is 2.31. The van der Waals surface area contributed by atoms with Gasteiger partial charge >= 0.3 is 0 Å². The number of benzene rings is 2. The second-order valence-electron chi connectivity index (χ2n) is 7.03. The maximum absolute atomic E-state index is 13.0. The molecule has 0 aliphatic carbocycles. The Morgan fingerprint density at radius 3 is 2.29 bits per heavy atom. The predicted molar refractivity (Wildman–Crippen MR) is 117 cm³/mol. The predicted octanol–water partition coefficient (Wildman–Crippen LogP) is 2.50. The topological polar surface area (TPSA) is 111 Å². The minimum atomic E-state index is -0.498. The Balaban J connectivity index is 2.01. The minimum Gasteiger partial charge on any atom is -0.505 e. The molecule has 0 spiro atoms. The quantitative estimate of drug-likeness (QED) is 0.384. The van der Waals surface area contributed by atoms with Gasteiger partial charge in [0.1, 0.15) is 11.4 Å². The molecule has 31 heavy (non-hydrogen) atoms. The van der Waals surface area contributed by atoms with Gasteiger partial charge in [0.05, 0.1) is 17.3 Å². The van der Waals surface area contributed by atoms with Crippen LogP contribution >= 0.6 is 0 Å². The molecule has 4 N–H and O–H groups in total. The number of nitrogens with one attached hydrogen (secondary N) is 3. The summed E-state index contributed by atoms with van der Waals surface area (Å²) in [5, 5.41) is 19.1. The number of likely N-dealkylation sites (N-methyl/N-ethyl adjacent to an activating group) is 1. The number of carbonyl (C=O) groups excluding carboxylic acids is 3. The van der Waals surface area contributed by atoms with Crippen molar-refractivity contribution in [3.05, 3.63) is 71.1 Å². The Morgan fingerprint density at radius 1 is 1.00 bits per heavy atom. The molecule has 0 aromatic heterocycles. The lowest BCUT2D eigenvalue weighted by Crippen LogP contribution is -2.34. The van der Waals surface area contributed by atoms with Gasteiger partial charge in [0.25, 0.3) is 17.7 Å². The molecule has 2 aromatic rings. The highest BCUT2D eigenvalue weighted by atomic mass is 16.3. The van der Waals surface area contributed by atoms with Crippen molar-refractivity contribution in [3.8, 4) is 5.75 Å². The van der Waals surface area contributed by atoms with Gasteiger partial charge in [-0.15, -0.1) is 0 Å². The average molecular weight is 422 g/mol. The van der Waals surface area contributed by atoms with Gasteiger partial charge < -0.3 is 21.1 Å². The van der Waals surface area contributed by atoms with Crippen LogP contribution in [-0.4, -0.2) is 41.3 Å². The van der Waals surface area contributed by atoms with Crippen molar-refractivity contribution in [2.24, 2.45) is 0 Å². The van der Waals surface area contributed by atoms with E-state index in [2.05, 4.69) is 16.0 Å². The van der Waals surface area contributed by atoms with E-state index < -0.39 is 17.7 Å². The number of nitrogens with zero attached hydrogens (tertiary/aromatic N) is 1. The largest absolute Gasteiger partial charge is 0.505 e. The summed E-state index contributed by atoms with van der Waals surface area (Å²) in [4.78, 5) is 39.0. The summed E-state index contributed by atoms with van der Waals surface area (Å²) in [6.45, 7) is 3.91. The van der Waals surface area contributed by atoms with Gasteiger partial charge in [-0.25, -0.2) is 0 Å². The number of rotatable bonds is 8. The highest BCUT2D eigenvalue weighted by Gasteiger charge is 2.39. The number of hydrogen-bond acceptors (Lipinski definition) is 6. The van der Waals surface area contributed by atoms with Crippen LogP contribution in [0.25, 0.3) is 0 Å². The van der Waals surface area contributed by atoms with Gasteiger partial charge in [0.15, 0.2) is 5.75 Å². The fourth-order valence-corrected chi connectivity index (χ4v) is 3.49. The van der Waals surface area contributed by atoms with E-state index in [4.69, 9.17) is 0 Å². The molecule has 8 heteroatoms. The first-order valence-electron chi connectivity index (χ1n) is 10.2. The Morgan fingerprint density at radius 2 is 1.68 bits per heavy atom. The van der Waals surface area contributed by atoms with Crippen LogP contribution in [0.2, 0.25) is 0 Å². The SMILES string of the molecule is CC[C@@H](NC1=C(Nc2cccc(C(=O)NC)c2O)C(=O)N(CC)C1=O)c1ccccc1. The smallest absolute Gasteiger partial charge is 0.279 e. The normalized spacial score (nSPS) is 14.6. The Kier molecular flexibility index (Phi) is 6.59. The van der Waals surface area contributed by atoms with E-state index in [-0.39, 0.29) is 41.0 Å². The zero-order chi connectivity index (χ0) is 22.5. The van der Waals surface area contributed by atoms with Gasteiger partial charge in [-0.1, -0.05) is 43.3 Å². The van der Waals surface area contributed by atoms with E-state index in [0.717, 1.165) is 10.5 Å². The van der Waals surface area contributed by atoms with Crippen molar-refractivity contribution in [2.45, 2.75) is 26.3 Å². The van der Waals surface area contributed by atoms with Gasteiger partial charge in [-0.05, 0) is 31.0 Å².